The Morgan fingerprint density at radius 3 is 1.93 bits per heavy atom. The first kappa shape index (κ1) is 54.0. The van der Waals surface area contributed by atoms with E-state index in [1.54, 1.807) is 0 Å². The zero-order valence-corrected chi connectivity index (χ0v) is 40.6. The predicted molar refractivity (Wildman–Crippen MR) is 163 cm³/mol. The normalized spacial score (nSPS) is 11.8. The Morgan fingerprint density at radius 2 is 1.42 bits per heavy atom. The second-order valence-electron chi connectivity index (χ2n) is 9.94. The summed E-state index contributed by atoms with van der Waals surface area (Å²) in [7, 11) is -21.1. The first-order valence-electron chi connectivity index (χ1n) is 13.3. The van der Waals surface area contributed by atoms with Crippen molar-refractivity contribution in [3.8, 4) is 5.88 Å². The summed E-state index contributed by atoms with van der Waals surface area (Å²) in [6.07, 6.45) is -1.56. The van der Waals surface area contributed by atoms with Gasteiger partial charge in [-0.15, -0.1) is 10.2 Å². The van der Waals surface area contributed by atoms with E-state index in [2.05, 4.69) is 35.8 Å². The third-order valence-corrected chi connectivity index (χ3v) is 9.73. The van der Waals surface area contributed by atoms with Crippen LogP contribution in [0.15, 0.2) is 66.1 Å². The maximum atomic E-state index is 14.4. The molecule has 0 aliphatic rings. The van der Waals surface area contributed by atoms with Crippen LogP contribution < -0.4 is 140 Å². The van der Waals surface area contributed by atoms with Gasteiger partial charge in [-0.25, -0.2) is 25.3 Å². The quantitative estimate of drug-likeness (QED) is 0.0675. The first-order chi connectivity index (χ1) is 23.4. The summed E-state index contributed by atoms with van der Waals surface area (Å²) in [5.74, 6) is -4.10. The van der Waals surface area contributed by atoms with Crippen LogP contribution in [0.3, 0.4) is 0 Å². The van der Waals surface area contributed by atoms with Crippen molar-refractivity contribution in [1.29, 1.82) is 0 Å². The molecule has 0 spiro atoms. The number of halogens is 1. The molecular weight excluding hydrogens is 864 g/mol. The first-order valence-corrected chi connectivity index (χ1v) is 19.1. The van der Waals surface area contributed by atoms with Crippen LogP contribution in [-0.2, 0) is 52.8 Å². The Morgan fingerprint density at radius 1 is 0.836 bits per heavy atom. The Bertz CT molecular complexity index is 2640. The van der Waals surface area contributed by atoms with E-state index in [4.69, 9.17) is 0 Å². The fourth-order valence-electron chi connectivity index (χ4n) is 4.28. The van der Waals surface area contributed by atoms with Crippen LogP contribution in [-0.4, -0.2) is 71.4 Å². The summed E-state index contributed by atoms with van der Waals surface area (Å²) in [4.78, 5) is 19.9. The molecule has 0 fully saturated rings. The Balaban J connectivity index is 0.00000729. The molecule has 0 saturated heterocycles. The zero-order valence-electron chi connectivity index (χ0n) is 29.3. The molecule has 0 aliphatic heterocycles. The van der Waals surface area contributed by atoms with Gasteiger partial charge in [0.1, 0.15) is 30.8 Å². The van der Waals surface area contributed by atoms with Crippen molar-refractivity contribution in [3.63, 3.8) is 0 Å². The van der Waals surface area contributed by atoms with E-state index in [0.717, 1.165) is 25.1 Å². The molecule has 22 nitrogen and oxygen atoms in total. The number of rotatable bonds is 12. The molecule has 2 heterocycles. The monoisotopic (exact) mass is 882 g/mol. The number of nitrogens with zero attached hydrogens (tertiary/aromatic N) is 6. The fraction of sp³-hybridized carbons (Fsp3) is 0.167. The van der Waals surface area contributed by atoms with E-state index in [9.17, 15) is 66.2 Å². The van der Waals surface area contributed by atoms with Gasteiger partial charge in [-0.05, 0) is 61.2 Å². The SMILES string of the molecule is CCn1c([O-])c(CS(=O)(=O)[O-])c(C)c(N=Nc2cc(S(=O)(=O)[O-])c(Nc3nc(F)nc(Nc4cccc(S(=O)(=O)[O-])c4)n3)cc2S(=O)(=O)O)c1=O.[Na+].[Na+].[Na+].[Na+]. The molecule has 0 saturated carbocycles. The number of nitrogens with one attached hydrogen (secondary N) is 2. The molecule has 55 heavy (non-hydrogen) atoms. The second kappa shape index (κ2) is 20.8. The average Bonchev–Trinajstić information content (AvgIpc) is 2.98. The summed E-state index contributed by atoms with van der Waals surface area (Å²) >= 11 is 0. The van der Waals surface area contributed by atoms with Gasteiger partial charge in [0.15, 0.2) is 5.69 Å². The molecule has 0 radical (unpaired) electrons. The van der Waals surface area contributed by atoms with Crippen LogP contribution in [0.5, 0.6) is 5.88 Å². The van der Waals surface area contributed by atoms with Gasteiger partial charge in [-0.3, -0.25) is 9.35 Å². The van der Waals surface area contributed by atoms with E-state index < -0.39 is 119 Å². The van der Waals surface area contributed by atoms with E-state index >= 15 is 0 Å². The molecule has 4 aromatic rings. The van der Waals surface area contributed by atoms with Crippen LogP contribution in [0.1, 0.15) is 18.1 Å². The van der Waals surface area contributed by atoms with Crippen molar-refractivity contribution in [2.45, 2.75) is 40.8 Å². The van der Waals surface area contributed by atoms with Gasteiger partial charge >= 0.3 is 124 Å². The number of benzene rings is 2. The second-order valence-corrected chi connectivity index (χ2v) is 15.5. The molecule has 3 N–H and O–H groups in total. The molecule has 2 aromatic heterocycles. The Hall–Kier alpha value is -1.03. The van der Waals surface area contributed by atoms with Crippen molar-refractivity contribution in [2.24, 2.45) is 10.2 Å². The van der Waals surface area contributed by atoms with E-state index in [-0.39, 0.29) is 137 Å². The van der Waals surface area contributed by atoms with Crippen molar-refractivity contribution in [2.75, 3.05) is 10.6 Å². The zero-order chi connectivity index (χ0) is 38.3. The van der Waals surface area contributed by atoms with Gasteiger partial charge in [0, 0.05) is 12.2 Å². The summed E-state index contributed by atoms with van der Waals surface area (Å²) in [6.45, 7) is 1.96. The molecule has 0 unspecified atom stereocenters. The molecule has 274 valence electrons. The van der Waals surface area contributed by atoms with Gasteiger partial charge < -0.3 is 34.0 Å². The van der Waals surface area contributed by atoms with E-state index in [1.807, 2.05) is 0 Å². The third-order valence-electron chi connectivity index (χ3n) is 6.50. The molecule has 2 aromatic carbocycles. The minimum Gasteiger partial charge on any atom is -0.860 e. The fourth-order valence-corrected chi connectivity index (χ4v) is 6.76. The van der Waals surface area contributed by atoms with Crippen molar-refractivity contribution < 1.29 is 180 Å². The summed E-state index contributed by atoms with van der Waals surface area (Å²) in [5, 5.41) is 24.1. The molecule has 0 amide bonds. The number of aromatic nitrogens is 4. The maximum Gasteiger partial charge on any atom is 1.00 e. The van der Waals surface area contributed by atoms with Gasteiger partial charge in [-0.1, -0.05) is 6.07 Å². The van der Waals surface area contributed by atoms with Crippen LogP contribution in [0, 0.1) is 13.0 Å². The average molecular weight is 883 g/mol. The van der Waals surface area contributed by atoms with Gasteiger partial charge in [-0.2, -0.15) is 27.8 Å². The van der Waals surface area contributed by atoms with E-state index in [0.29, 0.717) is 10.6 Å². The third kappa shape index (κ3) is 14.0. The van der Waals surface area contributed by atoms with Crippen LogP contribution in [0.4, 0.5) is 39.0 Å². The minimum absolute atomic E-state index is 0. The maximum absolute atomic E-state index is 14.4. The topological polar surface area (TPSA) is 358 Å². The summed E-state index contributed by atoms with van der Waals surface area (Å²) < 4.78 is 154. The number of anilines is 4. The molecule has 0 atom stereocenters. The van der Waals surface area contributed by atoms with Gasteiger partial charge in [0.05, 0.1) is 31.3 Å². The number of hydrogen-bond donors (Lipinski definition) is 3. The number of azo groups is 1. The van der Waals surface area contributed by atoms with Crippen LogP contribution in [0.2, 0.25) is 0 Å². The molecule has 0 bridgehead atoms. The van der Waals surface area contributed by atoms with Crippen molar-refractivity contribution >= 4 is 75.1 Å². The van der Waals surface area contributed by atoms with Crippen LogP contribution >= 0.6 is 0 Å². The van der Waals surface area contributed by atoms with Gasteiger partial charge in [0.2, 0.25) is 11.9 Å². The predicted octanol–water partition coefficient (Wildman–Crippen LogP) is -11.4. The Kier molecular flexibility index (Phi) is 20.4. The van der Waals surface area contributed by atoms with Gasteiger partial charge in [0.25, 0.3) is 15.7 Å². The molecule has 4 rings (SSSR count). The largest absolute Gasteiger partial charge is 1.00 e. The summed E-state index contributed by atoms with van der Waals surface area (Å²) in [5.41, 5.74) is -5.38. The Labute approximate surface area is 400 Å². The van der Waals surface area contributed by atoms with Crippen molar-refractivity contribution in [3.05, 3.63) is 64.0 Å². The standard InChI is InChI=1S/C24H23FN8O14S4.4Na/c1-3-33-20(34)14(10-48(36,37)38)11(2)19(21(33)35)32-31-16-9-17(50(42,43)44)15(8-18(16)51(45,46)47)27-24-29-22(25)28-23(30-24)26-12-5-4-6-13(7-12)49(39,40)41;;;;/h4-9,34H,3,10H2,1-2H3,(H,36,37,38)(H,39,40,41)(H,42,43,44)(H,45,46,47)(H2,26,27,28,29,30);;;;/q;4*+1/p-4. The van der Waals surface area contributed by atoms with Crippen molar-refractivity contribution in [1.82, 2.24) is 19.5 Å². The minimum atomic E-state index is -5.63. The number of hydrogen-bond acceptors (Lipinski definition) is 20. The smallest absolute Gasteiger partial charge is 0.860 e. The molecule has 0 aliphatic carbocycles. The molecule has 31 heteroatoms. The number of pyridine rings is 1. The van der Waals surface area contributed by atoms with Crippen LogP contribution in [0.25, 0.3) is 0 Å². The summed E-state index contributed by atoms with van der Waals surface area (Å²) in [6, 6.07) is 4.74. The molecular formula is C24H19FN8Na4O14S4. The van der Waals surface area contributed by atoms with E-state index in [1.165, 1.54) is 13.0 Å².